The van der Waals surface area contributed by atoms with E-state index in [0.29, 0.717) is 10.7 Å². The van der Waals surface area contributed by atoms with Crippen molar-refractivity contribution in [2.24, 2.45) is 10.7 Å². The van der Waals surface area contributed by atoms with Gasteiger partial charge in [0, 0.05) is 19.0 Å². The van der Waals surface area contributed by atoms with Crippen LogP contribution in [0.5, 0.6) is 0 Å². The van der Waals surface area contributed by atoms with E-state index in [1.54, 1.807) is 14.0 Å². The number of hydrogen-bond acceptors (Lipinski definition) is 2. The Labute approximate surface area is 54.0 Å². The first-order valence-corrected chi connectivity index (χ1v) is 2.60. The molecule has 0 aliphatic heterocycles. The molecule has 3 heteroatoms. The molecule has 0 spiro atoms. The van der Waals surface area contributed by atoms with Crippen molar-refractivity contribution in [2.45, 2.75) is 6.92 Å². The summed E-state index contributed by atoms with van der Waals surface area (Å²) in [7, 11) is 1.64. The number of halogens is 1. The normalized spacial score (nSPS) is 14.4. The molecule has 0 aromatic carbocycles. The minimum Gasteiger partial charge on any atom is -0.401 e. The second-order valence-corrected chi connectivity index (χ2v) is 1.83. The molecule has 0 amide bonds. The lowest BCUT2D eigenvalue weighted by molar-refractivity contribution is 1.31. The zero-order chi connectivity index (χ0) is 6.57. The van der Waals surface area contributed by atoms with Crippen molar-refractivity contribution in [2.75, 3.05) is 7.05 Å². The molecule has 0 aliphatic rings. The fourth-order valence-electron chi connectivity index (χ4n) is 0.215. The molecule has 8 heavy (non-hydrogen) atoms. The number of allylic oxidation sites excluding steroid dienone is 2. The van der Waals surface area contributed by atoms with E-state index in [0.717, 1.165) is 0 Å². The zero-order valence-corrected chi connectivity index (χ0v) is 5.74. The average molecular weight is 133 g/mol. The lowest BCUT2D eigenvalue weighted by atomic mass is 10.5. The Morgan fingerprint density at radius 3 is 2.38 bits per heavy atom. The molecule has 0 bridgehead atoms. The van der Waals surface area contributed by atoms with Gasteiger partial charge >= 0.3 is 0 Å². The predicted octanol–water partition coefficient (Wildman–Crippen LogP) is 1.12. The van der Waals surface area contributed by atoms with E-state index in [9.17, 15) is 0 Å². The topological polar surface area (TPSA) is 38.4 Å². The zero-order valence-electron chi connectivity index (χ0n) is 4.98. The second kappa shape index (κ2) is 3.50. The van der Waals surface area contributed by atoms with Crippen LogP contribution in [-0.4, -0.2) is 13.3 Å². The van der Waals surface area contributed by atoms with Crippen LogP contribution in [0.25, 0.3) is 0 Å². The monoisotopic (exact) mass is 132 g/mol. The van der Waals surface area contributed by atoms with Gasteiger partial charge in [-0.25, -0.2) is 0 Å². The molecule has 0 aromatic heterocycles. The molecule has 0 aromatic rings. The van der Waals surface area contributed by atoms with Crippen molar-refractivity contribution < 1.29 is 0 Å². The van der Waals surface area contributed by atoms with E-state index in [4.69, 9.17) is 17.3 Å². The third-order valence-electron chi connectivity index (χ3n) is 0.619. The van der Waals surface area contributed by atoms with Crippen LogP contribution in [0.4, 0.5) is 0 Å². The maximum absolute atomic E-state index is 5.52. The van der Waals surface area contributed by atoms with E-state index in [1.807, 2.05) is 0 Å². The van der Waals surface area contributed by atoms with Gasteiger partial charge < -0.3 is 5.73 Å². The summed E-state index contributed by atoms with van der Waals surface area (Å²) in [5.74, 6) is 0. The molecular formula is C5H9ClN2. The van der Waals surface area contributed by atoms with Crippen LogP contribution in [-0.2, 0) is 0 Å². The van der Waals surface area contributed by atoms with Crippen molar-refractivity contribution in [1.29, 1.82) is 0 Å². The van der Waals surface area contributed by atoms with E-state index in [1.165, 1.54) is 6.21 Å². The van der Waals surface area contributed by atoms with Crippen molar-refractivity contribution in [3.05, 3.63) is 10.7 Å². The smallest absolute Gasteiger partial charge is 0.0768 e. The van der Waals surface area contributed by atoms with E-state index < -0.39 is 0 Å². The van der Waals surface area contributed by atoms with Gasteiger partial charge in [-0.3, -0.25) is 4.99 Å². The van der Waals surface area contributed by atoms with Crippen LogP contribution in [0, 0.1) is 0 Å². The molecule has 0 rings (SSSR count). The number of aliphatic imine (C=N–C) groups is 1. The molecule has 0 heterocycles. The Hall–Kier alpha value is -0.500. The van der Waals surface area contributed by atoms with Gasteiger partial charge in [-0.1, -0.05) is 11.6 Å². The maximum Gasteiger partial charge on any atom is 0.0768 e. The molecule has 0 atom stereocenters. The minimum atomic E-state index is 0.507. The molecular weight excluding hydrogens is 124 g/mol. The summed E-state index contributed by atoms with van der Waals surface area (Å²) in [6.45, 7) is 1.73. The third kappa shape index (κ3) is 2.64. The van der Waals surface area contributed by atoms with Crippen LogP contribution in [0.3, 0.4) is 0 Å². The molecule has 0 fully saturated rings. The van der Waals surface area contributed by atoms with Gasteiger partial charge in [0.25, 0.3) is 0 Å². The van der Waals surface area contributed by atoms with Gasteiger partial charge in [0.2, 0.25) is 0 Å². The molecule has 2 N–H and O–H groups in total. The molecule has 0 aliphatic carbocycles. The standard InChI is InChI=1S/C5H9ClN2/c1-4(7)5(6)3-8-2/h3H,7H2,1-2H3. The van der Waals surface area contributed by atoms with Gasteiger partial charge in [0.15, 0.2) is 0 Å². The highest BCUT2D eigenvalue weighted by Gasteiger charge is 1.85. The predicted molar refractivity (Wildman–Crippen MR) is 37.2 cm³/mol. The maximum atomic E-state index is 5.52. The lowest BCUT2D eigenvalue weighted by Gasteiger charge is -1.88. The number of nitrogens with two attached hydrogens (primary N) is 1. The Morgan fingerprint density at radius 2 is 2.25 bits per heavy atom. The second-order valence-electron chi connectivity index (χ2n) is 1.42. The first kappa shape index (κ1) is 7.50. The van der Waals surface area contributed by atoms with Crippen LogP contribution >= 0.6 is 11.6 Å². The van der Waals surface area contributed by atoms with Crippen molar-refractivity contribution in [1.82, 2.24) is 0 Å². The summed E-state index contributed by atoms with van der Waals surface area (Å²) in [5, 5.41) is 0.507. The molecule has 0 saturated carbocycles. The fourth-order valence-corrected chi connectivity index (χ4v) is 0.313. The lowest BCUT2D eigenvalue weighted by Crippen LogP contribution is -1.94. The highest BCUT2D eigenvalue weighted by Crippen LogP contribution is 1.99. The summed E-state index contributed by atoms with van der Waals surface area (Å²) in [5.41, 5.74) is 5.87. The quantitative estimate of drug-likeness (QED) is 0.534. The third-order valence-corrected chi connectivity index (χ3v) is 1.01. The average Bonchev–Trinajstić information content (AvgIpc) is 1.67. The van der Waals surface area contributed by atoms with Crippen LogP contribution in [0.2, 0.25) is 0 Å². The number of nitrogens with zero attached hydrogens (tertiary/aromatic N) is 1. The van der Waals surface area contributed by atoms with Gasteiger partial charge in [0.1, 0.15) is 0 Å². The van der Waals surface area contributed by atoms with Gasteiger partial charge in [0.05, 0.1) is 5.03 Å². The first-order valence-electron chi connectivity index (χ1n) is 2.22. The van der Waals surface area contributed by atoms with E-state index >= 15 is 0 Å². The fraction of sp³-hybridized carbons (Fsp3) is 0.400. The SMILES string of the molecule is CN=CC(Cl)=C(C)N. The Balaban J connectivity index is 4.00. The van der Waals surface area contributed by atoms with E-state index in [2.05, 4.69) is 4.99 Å². The Kier molecular flexibility index (Phi) is 3.28. The minimum absolute atomic E-state index is 0.507. The van der Waals surface area contributed by atoms with Crippen LogP contribution in [0.1, 0.15) is 6.92 Å². The van der Waals surface area contributed by atoms with Gasteiger partial charge in [-0.15, -0.1) is 0 Å². The molecule has 2 nitrogen and oxygen atoms in total. The van der Waals surface area contributed by atoms with E-state index in [-0.39, 0.29) is 0 Å². The van der Waals surface area contributed by atoms with Crippen LogP contribution in [0.15, 0.2) is 15.7 Å². The Morgan fingerprint density at radius 1 is 1.75 bits per heavy atom. The largest absolute Gasteiger partial charge is 0.401 e. The van der Waals surface area contributed by atoms with Gasteiger partial charge in [-0.2, -0.15) is 0 Å². The van der Waals surface area contributed by atoms with Crippen molar-refractivity contribution in [3.8, 4) is 0 Å². The highest BCUT2D eigenvalue weighted by molar-refractivity contribution is 6.39. The van der Waals surface area contributed by atoms with Crippen molar-refractivity contribution in [3.63, 3.8) is 0 Å². The van der Waals surface area contributed by atoms with Gasteiger partial charge in [-0.05, 0) is 6.92 Å². The highest BCUT2D eigenvalue weighted by atomic mass is 35.5. The Bertz CT molecular complexity index is 122. The molecule has 0 saturated heterocycles. The molecule has 46 valence electrons. The van der Waals surface area contributed by atoms with Crippen LogP contribution < -0.4 is 5.73 Å². The summed E-state index contributed by atoms with van der Waals surface area (Å²) < 4.78 is 0. The summed E-state index contributed by atoms with van der Waals surface area (Å²) in [6, 6.07) is 0. The summed E-state index contributed by atoms with van der Waals surface area (Å²) in [6.07, 6.45) is 1.51. The molecule has 0 radical (unpaired) electrons. The number of hydrogen-bond donors (Lipinski definition) is 1. The van der Waals surface area contributed by atoms with Crippen molar-refractivity contribution >= 4 is 17.8 Å². The summed E-state index contributed by atoms with van der Waals surface area (Å²) >= 11 is 5.52. The summed E-state index contributed by atoms with van der Waals surface area (Å²) in [4.78, 5) is 3.66. The first-order chi connectivity index (χ1) is 3.68. The molecule has 0 unspecified atom stereocenters. The number of rotatable bonds is 1.